The summed E-state index contributed by atoms with van der Waals surface area (Å²) in [6.07, 6.45) is 0. The van der Waals surface area contributed by atoms with Crippen molar-refractivity contribution in [1.82, 2.24) is 4.57 Å². The fourth-order valence-corrected chi connectivity index (χ4v) is 3.56. The third kappa shape index (κ3) is 5.22. The van der Waals surface area contributed by atoms with E-state index in [-0.39, 0.29) is 18.4 Å². The summed E-state index contributed by atoms with van der Waals surface area (Å²) in [6.45, 7) is 8.28. The molecule has 0 spiro atoms. The van der Waals surface area contributed by atoms with Gasteiger partial charge < -0.3 is 19.9 Å². The van der Waals surface area contributed by atoms with Gasteiger partial charge in [0, 0.05) is 35.6 Å². The first-order chi connectivity index (χ1) is 14.8. The standard InChI is InChI=1S/C25H29N3O3/c1-16(2)19-6-12-22(13-7-19)28-17(3)14-23(18(28)4)25(30)27-21-10-8-20(9-11-21)26-24(29)15-31-5/h6-14,16H,15H2,1-5H3,(H,26,29)(H,27,30). The zero-order chi connectivity index (χ0) is 22.5. The Labute approximate surface area is 183 Å². The number of aromatic nitrogens is 1. The number of nitrogens with zero attached hydrogens (tertiary/aromatic N) is 1. The van der Waals surface area contributed by atoms with Crippen molar-refractivity contribution in [1.29, 1.82) is 0 Å². The van der Waals surface area contributed by atoms with Crippen molar-refractivity contribution in [2.24, 2.45) is 0 Å². The maximum atomic E-state index is 12.9. The summed E-state index contributed by atoms with van der Waals surface area (Å²) in [5.41, 5.74) is 6.12. The van der Waals surface area contributed by atoms with Crippen LogP contribution in [0.15, 0.2) is 54.6 Å². The van der Waals surface area contributed by atoms with Gasteiger partial charge in [0.25, 0.3) is 5.91 Å². The molecule has 6 heteroatoms. The number of hydrogen-bond donors (Lipinski definition) is 2. The second kappa shape index (κ2) is 9.62. The molecular weight excluding hydrogens is 390 g/mol. The van der Waals surface area contributed by atoms with E-state index in [1.165, 1.54) is 12.7 Å². The number of anilines is 2. The molecule has 0 saturated heterocycles. The van der Waals surface area contributed by atoms with Crippen LogP contribution in [-0.2, 0) is 9.53 Å². The molecule has 2 amide bonds. The lowest BCUT2D eigenvalue weighted by Crippen LogP contribution is -2.17. The van der Waals surface area contributed by atoms with Crippen LogP contribution in [0, 0.1) is 13.8 Å². The number of rotatable bonds is 7. The Balaban J connectivity index is 1.75. The van der Waals surface area contributed by atoms with E-state index in [1.54, 1.807) is 24.3 Å². The molecule has 0 saturated carbocycles. The fourth-order valence-electron chi connectivity index (χ4n) is 3.56. The second-order valence-corrected chi connectivity index (χ2v) is 7.88. The molecule has 2 aromatic carbocycles. The van der Waals surface area contributed by atoms with Crippen molar-refractivity contribution < 1.29 is 14.3 Å². The van der Waals surface area contributed by atoms with Gasteiger partial charge in [-0.05, 0) is 67.8 Å². The molecule has 0 bridgehead atoms. The first kappa shape index (κ1) is 22.3. The van der Waals surface area contributed by atoms with Crippen LogP contribution >= 0.6 is 0 Å². The zero-order valence-corrected chi connectivity index (χ0v) is 18.7. The average molecular weight is 420 g/mol. The zero-order valence-electron chi connectivity index (χ0n) is 18.7. The number of carbonyl (C=O) groups is 2. The van der Waals surface area contributed by atoms with Gasteiger partial charge in [0.1, 0.15) is 6.61 Å². The number of benzene rings is 2. The van der Waals surface area contributed by atoms with Crippen LogP contribution in [-0.4, -0.2) is 30.1 Å². The van der Waals surface area contributed by atoms with Crippen LogP contribution in [0.1, 0.15) is 47.1 Å². The summed E-state index contributed by atoms with van der Waals surface area (Å²) in [7, 11) is 1.47. The number of nitrogens with one attached hydrogen (secondary N) is 2. The van der Waals surface area contributed by atoms with Gasteiger partial charge in [-0.25, -0.2) is 0 Å². The maximum Gasteiger partial charge on any atom is 0.257 e. The van der Waals surface area contributed by atoms with Crippen LogP contribution in [0.5, 0.6) is 0 Å². The SMILES string of the molecule is COCC(=O)Nc1ccc(NC(=O)c2cc(C)n(-c3ccc(C(C)C)cc3)c2C)cc1. The Kier molecular flexibility index (Phi) is 6.92. The number of carbonyl (C=O) groups excluding carboxylic acids is 2. The molecular formula is C25H29N3O3. The van der Waals surface area contributed by atoms with Crippen molar-refractivity contribution >= 4 is 23.2 Å². The predicted molar refractivity (Wildman–Crippen MR) is 124 cm³/mol. The Hall–Kier alpha value is -3.38. The molecule has 2 N–H and O–H groups in total. The van der Waals surface area contributed by atoms with E-state index in [2.05, 4.69) is 53.3 Å². The summed E-state index contributed by atoms with van der Waals surface area (Å²) < 4.78 is 6.89. The summed E-state index contributed by atoms with van der Waals surface area (Å²) >= 11 is 0. The smallest absolute Gasteiger partial charge is 0.257 e. The lowest BCUT2D eigenvalue weighted by atomic mass is 10.0. The van der Waals surface area contributed by atoms with Crippen LogP contribution in [0.3, 0.4) is 0 Å². The van der Waals surface area contributed by atoms with Crippen LogP contribution < -0.4 is 10.6 Å². The molecule has 6 nitrogen and oxygen atoms in total. The molecule has 3 rings (SSSR count). The van der Waals surface area contributed by atoms with Gasteiger partial charge in [0.05, 0.1) is 5.56 Å². The van der Waals surface area contributed by atoms with E-state index >= 15 is 0 Å². The van der Waals surface area contributed by atoms with Gasteiger partial charge >= 0.3 is 0 Å². The van der Waals surface area contributed by atoms with Crippen LogP contribution in [0.4, 0.5) is 11.4 Å². The molecule has 0 aliphatic carbocycles. The van der Waals surface area contributed by atoms with E-state index in [0.29, 0.717) is 22.9 Å². The van der Waals surface area contributed by atoms with Gasteiger partial charge in [-0.15, -0.1) is 0 Å². The van der Waals surface area contributed by atoms with Crippen molar-refractivity contribution in [3.63, 3.8) is 0 Å². The largest absolute Gasteiger partial charge is 0.375 e. The third-order valence-electron chi connectivity index (χ3n) is 5.20. The molecule has 3 aromatic rings. The molecule has 0 fully saturated rings. The minimum absolute atomic E-state index is 0.00565. The summed E-state index contributed by atoms with van der Waals surface area (Å²) in [6, 6.07) is 17.3. The first-order valence-corrected chi connectivity index (χ1v) is 10.3. The van der Waals surface area contributed by atoms with Crippen LogP contribution in [0.2, 0.25) is 0 Å². The number of hydrogen-bond acceptors (Lipinski definition) is 3. The Bertz CT molecular complexity index is 1060. The van der Waals surface area contributed by atoms with Crippen molar-refractivity contribution in [3.8, 4) is 5.69 Å². The topological polar surface area (TPSA) is 72.4 Å². The van der Waals surface area contributed by atoms with Crippen molar-refractivity contribution in [3.05, 3.63) is 77.1 Å². The molecule has 0 unspecified atom stereocenters. The molecule has 0 atom stereocenters. The van der Waals surface area contributed by atoms with Gasteiger partial charge in [-0.3, -0.25) is 9.59 Å². The van der Waals surface area contributed by atoms with Gasteiger partial charge in [-0.2, -0.15) is 0 Å². The summed E-state index contributed by atoms with van der Waals surface area (Å²) in [5.74, 6) is 0.0735. The lowest BCUT2D eigenvalue weighted by molar-refractivity contribution is -0.119. The van der Waals surface area contributed by atoms with Gasteiger partial charge in [0.15, 0.2) is 0 Å². The normalized spacial score (nSPS) is 10.9. The molecule has 0 radical (unpaired) electrons. The molecule has 0 aliphatic heterocycles. The monoisotopic (exact) mass is 419 g/mol. The van der Waals surface area contributed by atoms with E-state index in [4.69, 9.17) is 4.74 Å². The van der Waals surface area contributed by atoms with E-state index < -0.39 is 0 Å². The highest BCUT2D eigenvalue weighted by molar-refractivity contribution is 6.05. The van der Waals surface area contributed by atoms with Crippen molar-refractivity contribution in [2.45, 2.75) is 33.6 Å². The van der Waals surface area contributed by atoms with E-state index in [1.807, 2.05) is 19.9 Å². The minimum atomic E-state index is -0.229. The highest BCUT2D eigenvalue weighted by atomic mass is 16.5. The fraction of sp³-hybridized carbons (Fsp3) is 0.280. The lowest BCUT2D eigenvalue weighted by Gasteiger charge is -2.12. The number of methoxy groups -OCH3 is 1. The Morgan fingerprint density at radius 1 is 0.935 bits per heavy atom. The van der Waals surface area contributed by atoms with Gasteiger partial charge in [0.2, 0.25) is 5.91 Å². The highest BCUT2D eigenvalue weighted by Gasteiger charge is 2.17. The predicted octanol–water partition coefficient (Wildman–Crippen LogP) is 5.05. The van der Waals surface area contributed by atoms with E-state index in [0.717, 1.165) is 17.1 Å². The molecule has 0 aliphatic rings. The molecule has 162 valence electrons. The second-order valence-electron chi connectivity index (χ2n) is 7.88. The minimum Gasteiger partial charge on any atom is -0.375 e. The molecule has 31 heavy (non-hydrogen) atoms. The Morgan fingerprint density at radius 2 is 1.52 bits per heavy atom. The quantitative estimate of drug-likeness (QED) is 0.563. The number of ether oxygens (including phenoxy) is 1. The third-order valence-corrected chi connectivity index (χ3v) is 5.20. The average Bonchev–Trinajstić information content (AvgIpc) is 3.04. The van der Waals surface area contributed by atoms with Crippen molar-refractivity contribution in [2.75, 3.05) is 24.4 Å². The van der Waals surface area contributed by atoms with E-state index in [9.17, 15) is 9.59 Å². The number of aryl methyl sites for hydroxylation is 1. The first-order valence-electron chi connectivity index (χ1n) is 10.3. The number of amides is 2. The summed E-state index contributed by atoms with van der Waals surface area (Å²) in [4.78, 5) is 24.5. The van der Waals surface area contributed by atoms with Crippen LogP contribution in [0.25, 0.3) is 5.69 Å². The molecule has 1 heterocycles. The van der Waals surface area contributed by atoms with Gasteiger partial charge in [-0.1, -0.05) is 26.0 Å². The molecule has 1 aromatic heterocycles. The Morgan fingerprint density at radius 3 is 2.06 bits per heavy atom. The maximum absolute atomic E-state index is 12.9. The summed E-state index contributed by atoms with van der Waals surface area (Å²) in [5, 5.41) is 5.66. The highest BCUT2D eigenvalue weighted by Crippen LogP contribution is 2.24.